The van der Waals surface area contributed by atoms with Gasteiger partial charge in [-0.2, -0.15) is 5.10 Å². The monoisotopic (exact) mass is 665 g/mol. The fourth-order valence-electron chi connectivity index (χ4n) is 6.60. The number of aliphatic hydroxyl groups excluding tert-OH is 1. The summed E-state index contributed by atoms with van der Waals surface area (Å²) < 4.78 is 1.78. The number of carboxylic acid groups (broad SMARTS) is 1. The van der Waals surface area contributed by atoms with Gasteiger partial charge in [0.2, 0.25) is 0 Å². The van der Waals surface area contributed by atoms with Crippen molar-refractivity contribution >= 4 is 29.2 Å². The Bertz CT molecular complexity index is 1880. The number of aromatic nitrogens is 3. The standard InChI is InChI=1S/C37H43N7O5/c1-22-26(8-5-10-28(22)39-34(46)31-14-13-24(19-38-31)20-43-17-15-25(45)21-43)27-9-6-11-29(23(27)2)40-35(47)32-18-33-30(12-7-16-44(33)42-32)41-37(3,4)36(48)49/h5-6,8-11,13-14,18-19,25,30,41,45H,7,12,15-17,20-21H2,1-4H3,(H,39,46)(H,40,47)(H,48,49)/t25-,30?/m1/s1. The molecular formula is C37H43N7O5. The number of carbonyl (C=O) groups excluding carboxylic acids is 2. The first-order valence-corrected chi connectivity index (χ1v) is 16.7. The fraction of sp³-hybridized carbons (Fsp3) is 0.378. The number of aryl methyl sites for hydroxylation is 1. The summed E-state index contributed by atoms with van der Waals surface area (Å²) in [5.74, 6) is -1.61. The lowest BCUT2D eigenvalue weighted by Gasteiger charge is -2.31. The van der Waals surface area contributed by atoms with Crippen molar-refractivity contribution in [2.45, 2.75) is 77.7 Å². The van der Waals surface area contributed by atoms with Gasteiger partial charge in [-0.1, -0.05) is 30.3 Å². The number of likely N-dealkylation sites (tertiary alicyclic amines) is 1. The summed E-state index contributed by atoms with van der Waals surface area (Å²) in [5, 5.41) is 33.2. The van der Waals surface area contributed by atoms with Gasteiger partial charge in [-0.3, -0.25) is 34.3 Å². The normalized spacial score (nSPS) is 17.8. The Balaban J connectivity index is 1.16. The van der Waals surface area contributed by atoms with Gasteiger partial charge < -0.3 is 20.8 Å². The molecular weight excluding hydrogens is 622 g/mol. The molecule has 0 bridgehead atoms. The molecule has 1 saturated heterocycles. The number of carbonyl (C=O) groups is 3. The number of β-amino-alcohol motifs (C(OH)–C–C–N with tert-alkyl or cyclic N) is 1. The maximum Gasteiger partial charge on any atom is 0.323 e. The van der Waals surface area contributed by atoms with Crippen LogP contribution in [0.4, 0.5) is 11.4 Å². The van der Waals surface area contributed by atoms with E-state index in [0.717, 1.165) is 59.3 Å². The lowest BCUT2D eigenvalue weighted by molar-refractivity contribution is -0.143. The Kier molecular flexibility index (Phi) is 9.64. The summed E-state index contributed by atoms with van der Waals surface area (Å²) in [7, 11) is 0. The number of aliphatic hydroxyl groups is 1. The number of carboxylic acids is 1. The van der Waals surface area contributed by atoms with Crippen LogP contribution in [0.1, 0.15) is 82.5 Å². The van der Waals surface area contributed by atoms with E-state index in [-0.39, 0.29) is 29.7 Å². The molecule has 2 amide bonds. The Hall–Kier alpha value is -4.91. The average Bonchev–Trinajstić information content (AvgIpc) is 3.70. The maximum absolute atomic E-state index is 13.5. The van der Waals surface area contributed by atoms with Crippen LogP contribution in [-0.2, 0) is 17.9 Å². The predicted octanol–water partition coefficient (Wildman–Crippen LogP) is 4.92. The second-order valence-electron chi connectivity index (χ2n) is 13.5. The highest BCUT2D eigenvalue weighted by molar-refractivity contribution is 6.05. The van der Waals surface area contributed by atoms with E-state index in [1.165, 1.54) is 0 Å². The number of pyridine rings is 1. The molecule has 0 spiro atoms. The van der Waals surface area contributed by atoms with Crippen LogP contribution in [0.3, 0.4) is 0 Å². The molecule has 1 unspecified atom stereocenters. The van der Waals surface area contributed by atoms with Gasteiger partial charge in [-0.25, -0.2) is 0 Å². The number of fused-ring (bicyclic) bond motifs is 1. The largest absolute Gasteiger partial charge is 0.480 e. The molecule has 4 aromatic rings. The van der Waals surface area contributed by atoms with Crippen LogP contribution >= 0.6 is 0 Å². The van der Waals surface area contributed by atoms with Crippen molar-refractivity contribution in [1.29, 1.82) is 0 Å². The molecule has 256 valence electrons. The fourth-order valence-corrected chi connectivity index (χ4v) is 6.60. The highest BCUT2D eigenvalue weighted by Gasteiger charge is 2.34. The third-order valence-corrected chi connectivity index (χ3v) is 9.50. The van der Waals surface area contributed by atoms with Crippen molar-refractivity contribution in [1.82, 2.24) is 25.0 Å². The molecule has 12 nitrogen and oxygen atoms in total. The molecule has 0 aliphatic carbocycles. The number of amides is 2. The van der Waals surface area contributed by atoms with Gasteiger partial charge in [0, 0.05) is 43.8 Å². The third kappa shape index (κ3) is 7.41. The molecule has 0 radical (unpaired) electrons. The Labute approximate surface area is 285 Å². The van der Waals surface area contributed by atoms with Crippen LogP contribution in [0.15, 0.2) is 60.8 Å². The molecule has 2 aromatic carbocycles. The SMILES string of the molecule is Cc1c(NC(=O)c2ccc(CN3CC[C@@H](O)C3)cn2)cccc1-c1cccc(NC(=O)c2cc3n(n2)CCCC3NC(C)(C)C(=O)O)c1C. The van der Waals surface area contributed by atoms with Gasteiger partial charge in [-0.15, -0.1) is 0 Å². The highest BCUT2D eigenvalue weighted by atomic mass is 16.4. The molecule has 2 aliphatic heterocycles. The number of aliphatic carboxylic acids is 1. The molecule has 5 N–H and O–H groups in total. The molecule has 49 heavy (non-hydrogen) atoms. The van der Waals surface area contributed by atoms with E-state index in [1.807, 2.05) is 56.3 Å². The van der Waals surface area contributed by atoms with E-state index in [4.69, 9.17) is 0 Å². The van der Waals surface area contributed by atoms with E-state index in [1.54, 1.807) is 36.9 Å². The third-order valence-electron chi connectivity index (χ3n) is 9.50. The van der Waals surface area contributed by atoms with Crippen molar-refractivity contribution in [3.05, 3.63) is 94.6 Å². The molecule has 0 saturated carbocycles. The van der Waals surface area contributed by atoms with Gasteiger partial charge in [-0.05, 0) is 99.0 Å². The summed E-state index contributed by atoms with van der Waals surface area (Å²) in [6.07, 6.45) is 3.76. The smallest absolute Gasteiger partial charge is 0.323 e. The van der Waals surface area contributed by atoms with E-state index in [2.05, 4.69) is 30.9 Å². The van der Waals surface area contributed by atoms with E-state index >= 15 is 0 Å². The second kappa shape index (κ2) is 13.9. The molecule has 4 heterocycles. The molecule has 2 aromatic heterocycles. The Morgan fingerprint density at radius 3 is 2.12 bits per heavy atom. The van der Waals surface area contributed by atoms with Crippen molar-refractivity contribution in [3.63, 3.8) is 0 Å². The topological polar surface area (TPSA) is 162 Å². The van der Waals surface area contributed by atoms with Gasteiger partial charge in [0.1, 0.15) is 11.2 Å². The van der Waals surface area contributed by atoms with Crippen molar-refractivity contribution in [3.8, 4) is 11.1 Å². The van der Waals surface area contributed by atoms with Gasteiger partial charge in [0.05, 0.1) is 17.8 Å². The molecule has 2 atom stereocenters. The van der Waals surface area contributed by atoms with Crippen LogP contribution in [-0.4, -0.2) is 72.4 Å². The van der Waals surface area contributed by atoms with E-state index in [0.29, 0.717) is 36.7 Å². The zero-order chi connectivity index (χ0) is 34.9. The lowest BCUT2D eigenvalue weighted by Crippen LogP contribution is -2.49. The van der Waals surface area contributed by atoms with Crippen LogP contribution in [0.25, 0.3) is 11.1 Å². The number of hydrogen-bond donors (Lipinski definition) is 5. The van der Waals surface area contributed by atoms with Crippen LogP contribution < -0.4 is 16.0 Å². The minimum absolute atomic E-state index is 0.236. The second-order valence-corrected chi connectivity index (χ2v) is 13.5. The van der Waals surface area contributed by atoms with E-state index < -0.39 is 11.5 Å². The van der Waals surface area contributed by atoms with Crippen LogP contribution in [0, 0.1) is 13.8 Å². The van der Waals surface area contributed by atoms with Gasteiger partial charge in [0.15, 0.2) is 5.69 Å². The molecule has 2 aliphatic rings. The van der Waals surface area contributed by atoms with Crippen molar-refractivity contribution in [2.24, 2.45) is 0 Å². The number of nitrogens with one attached hydrogen (secondary N) is 3. The number of hydrogen-bond acceptors (Lipinski definition) is 8. The summed E-state index contributed by atoms with van der Waals surface area (Å²) in [6.45, 7) is 9.96. The molecule has 6 rings (SSSR count). The molecule has 1 fully saturated rings. The average molecular weight is 666 g/mol. The quantitative estimate of drug-likeness (QED) is 0.158. The lowest BCUT2D eigenvalue weighted by atomic mass is 9.94. The predicted molar refractivity (Wildman–Crippen MR) is 186 cm³/mol. The van der Waals surface area contributed by atoms with Crippen molar-refractivity contribution in [2.75, 3.05) is 23.7 Å². The van der Waals surface area contributed by atoms with Crippen LogP contribution in [0.5, 0.6) is 0 Å². The Morgan fingerprint density at radius 2 is 1.55 bits per heavy atom. The van der Waals surface area contributed by atoms with Gasteiger partial charge in [0.25, 0.3) is 11.8 Å². The minimum atomic E-state index is -1.13. The number of rotatable bonds is 10. The number of anilines is 2. The summed E-state index contributed by atoms with van der Waals surface area (Å²) in [5.41, 5.74) is 6.07. The summed E-state index contributed by atoms with van der Waals surface area (Å²) in [6, 6.07) is 16.5. The molecule has 12 heteroatoms. The number of benzene rings is 2. The summed E-state index contributed by atoms with van der Waals surface area (Å²) >= 11 is 0. The van der Waals surface area contributed by atoms with Crippen LogP contribution in [0.2, 0.25) is 0 Å². The minimum Gasteiger partial charge on any atom is -0.480 e. The number of nitrogens with zero attached hydrogens (tertiary/aromatic N) is 4. The van der Waals surface area contributed by atoms with Crippen molar-refractivity contribution < 1.29 is 24.6 Å². The first-order chi connectivity index (χ1) is 23.4. The van der Waals surface area contributed by atoms with Gasteiger partial charge >= 0.3 is 5.97 Å². The highest BCUT2D eigenvalue weighted by Crippen LogP contribution is 2.34. The van der Waals surface area contributed by atoms with E-state index in [9.17, 15) is 24.6 Å². The first kappa shape index (κ1) is 34.0. The maximum atomic E-state index is 13.5. The zero-order valence-electron chi connectivity index (χ0n) is 28.3. The zero-order valence-corrected chi connectivity index (χ0v) is 28.3. The first-order valence-electron chi connectivity index (χ1n) is 16.7. The summed E-state index contributed by atoms with van der Waals surface area (Å²) in [4.78, 5) is 44.9. The Morgan fingerprint density at radius 1 is 0.898 bits per heavy atom.